The van der Waals surface area contributed by atoms with Gasteiger partial charge in [-0.3, -0.25) is 4.79 Å². The Morgan fingerprint density at radius 2 is 2.27 bits per heavy atom. The maximum Gasteiger partial charge on any atom is 0.306 e. The zero-order valence-electron chi connectivity index (χ0n) is 9.00. The van der Waals surface area contributed by atoms with E-state index in [1.165, 1.54) is 0 Å². The van der Waals surface area contributed by atoms with E-state index in [0.717, 1.165) is 5.56 Å². The van der Waals surface area contributed by atoms with Crippen molar-refractivity contribution in [3.8, 4) is 0 Å². The third kappa shape index (κ3) is 3.92. The molecule has 1 aromatic rings. The molecule has 1 aromatic carbocycles. The van der Waals surface area contributed by atoms with Gasteiger partial charge in [0.2, 0.25) is 0 Å². The third-order valence-electron chi connectivity index (χ3n) is 2.20. The maximum atomic E-state index is 11.3. The van der Waals surface area contributed by atoms with Crippen LogP contribution < -0.4 is 0 Å². The molecule has 0 saturated heterocycles. The minimum atomic E-state index is -0.162. The molecule has 0 aliphatic carbocycles. The predicted molar refractivity (Wildman–Crippen MR) is 61.1 cm³/mol. The van der Waals surface area contributed by atoms with Gasteiger partial charge in [-0.1, -0.05) is 30.7 Å². The van der Waals surface area contributed by atoms with Crippen molar-refractivity contribution in [3.05, 3.63) is 34.9 Å². The van der Waals surface area contributed by atoms with Crippen LogP contribution in [0.3, 0.4) is 0 Å². The summed E-state index contributed by atoms with van der Waals surface area (Å²) in [6, 6.07) is 7.56. The normalized spacial score (nSPS) is 12.2. The Bertz CT molecular complexity index is 336. The molecule has 0 amide bonds. The summed E-state index contributed by atoms with van der Waals surface area (Å²) in [6.07, 6.45) is 0.397. The smallest absolute Gasteiger partial charge is 0.306 e. The van der Waals surface area contributed by atoms with E-state index in [0.29, 0.717) is 18.1 Å². The summed E-state index contributed by atoms with van der Waals surface area (Å²) in [5.74, 6) is -0.0206. The summed E-state index contributed by atoms with van der Waals surface area (Å²) in [7, 11) is 0. The second kappa shape index (κ2) is 5.76. The van der Waals surface area contributed by atoms with E-state index >= 15 is 0 Å². The lowest BCUT2D eigenvalue weighted by atomic mass is 9.98. The number of esters is 1. The van der Waals surface area contributed by atoms with Crippen LogP contribution in [0, 0.1) is 0 Å². The molecule has 3 heteroatoms. The van der Waals surface area contributed by atoms with Crippen LogP contribution in [0.5, 0.6) is 0 Å². The average molecular weight is 227 g/mol. The van der Waals surface area contributed by atoms with Crippen molar-refractivity contribution in [3.63, 3.8) is 0 Å². The number of halogens is 1. The lowest BCUT2D eigenvalue weighted by Gasteiger charge is -2.11. The number of carbonyl (C=O) groups excluding carboxylic acids is 1. The molecule has 0 spiro atoms. The molecule has 0 fully saturated rings. The molecule has 0 N–H and O–H groups in total. The highest BCUT2D eigenvalue weighted by atomic mass is 35.5. The van der Waals surface area contributed by atoms with Crippen LogP contribution in [0.4, 0.5) is 0 Å². The number of benzene rings is 1. The fourth-order valence-electron chi connectivity index (χ4n) is 1.40. The highest BCUT2D eigenvalue weighted by molar-refractivity contribution is 6.30. The number of ether oxygens (including phenoxy) is 1. The van der Waals surface area contributed by atoms with Crippen LogP contribution in [0.2, 0.25) is 5.02 Å². The fourth-order valence-corrected chi connectivity index (χ4v) is 1.60. The van der Waals surface area contributed by atoms with Gasteiger partial charge in [0.15, 0.2) is 0 Å². The monoisotopic (exact) mass is 226 g/mol. The molecule has 0 aromatic heterocycles. The summed E-state index contributed by atoms with van der Waals surface area (Å²) in [5.41, 5.74) is 1.07. The van der Waals surface area contributed by atoms with Crippen LogP contribution in [0.25, 0.3) is 0 Å². The van der Waals surface area contributed by atoms with Crippen molar-refractivity contribution in [2.45, 2.75) is 26.2 Å². The van der Waals surface area contributed by atoms with E-state index in [1.807, 2.05) is 38.1 Å². The third-order valence-corrected chi connectivity index (χ3v) is 2.43. The molecule has 15 heavy (non-hydrogen) atoms. The molecule has 0 aliphatic rings. The van der Waals surface area contributed by atoms with Gasteiger partial charge < -0.3 is 4.74 Å². The van der Waals surface area contributed by atoms with Gasteiger partial charge in [0.05, 0.1) is 13.0 Å². The van der Waals surface area contributed by atoms with Crippen LogP contribution in [-0.4, -0.2) is 12.6 Å². The SMILES string of the molecule is CCOC(=O)CC(C)c1cccc(Cl)c1. The summed E-state index contributed by atoms with van der Waals surface area (Å²) in [6.45, 7) is 4.23. The van der Waals surface area contributed by atoms with Crippen LogP contribution in [-0.2, 0) is 9.53 Å². The average Bonchev–Trinajstić information content (AvgIpc) is 2.18. The van der Waals surface area contributed by atoms with Crippen molar-refractivity contribution in [2.75, 3.05) is 6.61 Å². The van der Waals surface area contributed by atoms with E-state index in [1.54, 1.807) is 0 Å². The molecule has 1 atom stereocenters. The van der Waals surface area contributed by atoms with Gasteiger partial charge in [-0.05, 0) is 30.5 Å². The molecule has 1 unspecified atom stereocenters. The molecule has 1 rings (SSSR count). The summed E-state index contributed by atoms with van der Waals surface area (Å²) < 4.78 is 4.89. The number of carbonyl (C=O) groups is 1. The number of rotatable bonds is 4. The zero-order chi connectivity index (χ0) is 11.3. The number of hydrogen-bond donors (Lipinski definition) is 0. The van der Waals surface area contributed by atoms with Crippen molar-refractivity contribution in [1.29, 1.82) is 0 Å². The van der Waals surface area contributed by atoms with Crippen molar-refractivity contribution >= 4 is 17.6 Å². The predicted octanol–water partition coefficient (Wildman–Crippen LogP) is 3.40. The lowest BCUT2D eigenvalue weighted by molar-refractivity contribution is -0.143. The highest BCUT2D eigenvalue weighted by Crippen LogP contribution is 2.22. The lowest BCUT2D eigenvalue weighted by Crippen LogP contribution is -2.08. The van der Waals surface area contributed by atoms with Crippen molar-refractivity contribution < 1.29 is 9.53 Å². The molecule has 0 radical (unpaired) electrons. The first-order chi connectivity index (χ1) is 7.13. The minimum absolute atomic E-state index is 0.141. The second-order valence-electron chi connectivity index (χ2n) is 3.47. The molecule has 0 bridgehead atoms. The Kier molecular flexibility index (Phi) is 4.63. The fraction of sp³-hybridized carbons (Fsp3) is 0.417. The van der Waals surface area contributed by atoms with Gasteiger partial charge in [-0.2, -0.15) is 0 Å². The van der Waals surface area contributed by atoms with Crippen LogP contribution in [0.1, 0.15) is 31.7 Å². The Morgan fingerprint density at radius 3 is 2.87 bits per heavy atom. The minimum Gasteiger partial charge on any atom is -0.466 e. The van der Waals surface area contributed by atoms with Crippen LogP contribution in [0.15, 0.2) is 24.3 Å². The van der Waals surface area contributed by atoms with Gasteiger partial charge in [0.1, 0.15) is 0 Å². The van der Waals surface area contributed by atoms with Crippen molar-refractivity contribution in [1.82, 2.24) is 0 Å². The van der Waals surface area contributed by atoms with Gasteiger partial charge in [-0.25, -0.2) is 0 Å². The van der Waals surface area contributed by atoms with Gasteiger partial charge in [0, 0.05) is 5.02 Å². The van der Waals surface area contributed by atoms with Gasteiger partial charge >= 0.3 is 5.97 Å². The molecule has 0 heterocycles. The van der Waals surface area contributed by atoms with Crippen LogP contribution >= 0.6 is 11.6 Å². The Hall–Kier alpha value is -1.02. The number of hydrogen-bond acceptors (Lipinski definition) is 2. The van der Waals surface area contributed by atoms with E-state index in [2.05, 4.69) is 0 Å². The first-order valence-electron chi connectivity index (χ1n) is 5.04. The Labute approximate surface area is 95.2 Å². The van der Waals surface area contributed by atoms with Crippen molar-refractivity contribution in [2.24, 2.45) is 0 Å². The maximum absolute atomic E-state index is 11.3. The molecule has 2 nitrogen and oxygen atoms in total. The van der Waals surface area contributed by atoms with E-state index in [4.69, 9.17) is 16.3 Å². The first kappa shape index (κ1) is 12.1. The zero-order valence-corrected chi connectivity index (χ0v) is 9.75. The molecule has 0 aliphatic heterocycles. The molecule has 0 saturated carbocycles. The summed E-state index contributed by atoms with van der Waals surface area (Å²) in [5, 5.41) is 0.697. The summed E-state index contributed by atoms with van der Waals surface area (Å²) in [4.78, 5) is 11.3. The topological polar surface area (TPSA) is 26.3 Å². The Morgan fingerprint density at radius 1 is 1.53 bits per heavy atom. The van der Waals surface area contributed by atoms with E-state index in [-0.39, 0.29) is 11.9 Å². The molecular weight excluding hydrogens is 212 g/mol. The van der Waals surface area contributed by atoms with E-state index in [9.17, 15) is 4.79 Å². The highest BCUT2D eigenvalue weighted by Gasteiger charge is 2.11. The quantitative estimate of drug-likeness (QED) is 0.736. The van der Waals surface area contributed by atoms with E-state index < -0.39 is 0 Å². The first-order valence-corrected chi connectivity index (χ1v) is 5.42. The van der Waals surface area contributed by atoms with Gasteiger partial charge in [0.25, 0.3) is 0 Å². The largest absolute Gasteiger partial charge is 0.466 e. The molecule has 82 valence electrons. The standard InChI is InChI=1S/C12H15ClO2/c1-3-15-12(14)7-9(2)10-5-4-6-11(13)8-10/h4-6,8-9H,3,7H2,1-2H3. The summed E-state index contributed by atoms with van der Waals surface area (Å²) >= 11 is 5.87. The van der Waals surface area contributed by atoms with Gasteiger partial charge in [-0.15, -0.1) is 0 Å². The Balaban J connectivity index is 2.60. The molecular formula is C12H15ClO2. The second-order valence-corrected chi connectivity index (χ2v) is 3.90.